The molecule has 1 fully saturated rings. The maximum absolute atomic E-state index is 14.8. The van der Waals surface area contributed by atoms with Gasteiger partial charge >= 0.3 is 6.09 Å². The maximum atomic E-state index is 14.8. The van der Waals surface area contributed by atoms with Crippen LogP contribution in [0.5, 0.6) is 0 Å². The zero-order chi connectivity index (χ0) is 26.0. The standard InChI is InChI=1S/C23H28BrFN4O5S/c1-16-5-7-18(8-6-16)35(32,33)26-21-19(25)13-17(24)14-29(21)15-20(30)27-9-11-28(12-10-27)22(31)34-23(2,3)4/h5-8,13-14H,9-12,15H2,1-4H3. The summed E-state index contributed by atoms with van der Waals surface area (Å²) in [6, 6.07) is 7.11. The SMILES string of the molecule is Cc1ccc(S(=O)(=O)N=c2c(F)cc(Br)cn2CC(=O)N2CCN(C(=O)OC(C)(C)C)CC2)cc1. The molecule has 0 radical (unpaired) electrons. The largest absolute Gasteiger partial charge is 0.444 e. The fourth-order valence-corrected chi connectivity index (χ4v) is 4.83. The van der Waals surface area contributed by atoms with Crippen LogP contribution in [0.3, 0.4) is 0 Å². The number of sulfonamides is 1. The van der Waals surface area contributed by atoms with Gasteiger partial charge in [0.05, 0.1) is 4.90 Å². The monoisotopic (exact) mass is 570 g/mol. The first-order chi connectivity index (χ1) is 16.2. The summed E-state index contributed by atoms with van der Waals surface area (Å²) in [4.78, 5) is 28.2. The number of hydrogen-bond acceptors (Lipinski definition) is 5. The lowest BCUT2D eigenvalue weighted by molar-refractivity contribution is -0.133. The summed E-state index contributed by atoms with van der Waals surface area (Å²) < 4.78 is 50.9. The van der Waals surface area contributed by atoms with Crippen molar-refractivity contribution < 1.29 is 27.1 Å². The maximum Gasteiger partial charge on any atom is 0.410 e. The summed E-state index contributed by atoms with van der Waals surface area (Å²) in [5.41, 5.74) is -0.231. The van der Waals surface area contributed by atoms with Crippen molar-refractivity contribution in [1.29, 1.82) is 0 Å². The fraction of sp³-hybridized carbons (Fsp3) is 0.435. The summed E-state index contributed by atoms with van der Waals surface area (Å²) >= 11 is 3.18. The molecule has 3 rings (SSSR count). The van der Waals surface area contributed by atoms with E-state index in [2.05, 4.69) is 20.3 Å². The number of pyridine rings is 1. The second-order valence-electron chi connectivity index (χ2n) is 9.19. The summed E-state index contributed by atoms with van der Waals surface area (Å²) in [7, 11) is -4.21. The predicted molar refractivity (Wildman–Crippen MR) is 130 cm³/mol. The molecule has 0 aliphatic carbocycles. The van der Waals surface area contributed by atoms with Crippen LogP contribution in [0.1, 0.15) is 26.3 Å². The summed E-state index contributed by atoms with van der Waals surface area (Å²) in [5, 5.41) is 0. The average molecular weight is 571 g/mol. The molecule has 12 heteroatoms. The highest BCUT2D eigenvalue weighted by molar-refractivity contribution is 9.10. The van der Waals surface area contributed by atoms with Crippen molar-refractivity contribution in [3.05, 3.63) is 57.9 Å². The lowest BCUT2D eigenvalue weighted by Crippen LogP contribution is -2.52. The van der Waals surface area contributed by atoms with Crippen LogP contribution in [0.15, 0.2) is 50.3 Å². The minimum Gasteiger partial charge on any atom is -0.444 e. The van der Waals surface area contributed by atoms with Gasteiger partial charge in [-0.2, -0.15) is 8.42 Å². The van der Waals surface area contributed by atoms with Gasteiger partial charge in [-0.3, -0.25) is 4.79 Å². The fourth-order valence-electron chi connectivity index (χ4n) is 3.37. The average Bonchev–Trinajstić information content (AvgIpc) is 2.75. The number of hydrogen-bond donors (Lipinski definition) is 0. The molecule has 1 aliphatic rings. The lowest BCUT2D eigenvalue weighted by Gasteiger charge is -2.35. The molecular weight excluding hydrogens is 543 g/mol. The van der Waals surface area contributed by atoms with Crippen LogP contribution in [0, 0.1) is 12.7 Å². The van der Waals surface area contributed by atoms with E-state index in [0.29, 0.717) is 4.47 Å². The van der Waals surface area contributed by atoms with Crippen molar-refractivity contribution in [2.75, 3.05) is 26.2 Å². The normalized spacial score (nSPS) is 15.3. The van der Waals surface area contributed by atoms with Crippen molar-refractivity contribution in [3.63, 3.8) is 0 Å². The molecule has 2 aromatic rings. The number of carbonyl (C=O) groups is 2. The Balaban J connectivity index is 1.80. The Morgan fingerprint density at radius 2 is 1.66 bits per heavy atom. The van der Waals surface area contributed by atoms with Crippen molar-refractivity contribution in [1.82, 2.24) is 14.4 Å². The number of piperazine rings is 1. The molecule has 2 amide bonds. The number of aryl methyl sites for hydroxylation is 1. The van der Waals surface area contributed by atoms with E-state index in [1.165, 1.54) is 28.1 Å². The molecule has 1 aromatic carbocycles. The second-order valence-corrected chi connectivity index (χ2v) is 11.7. The van der Waals surface area contributed by atoms with E-state index < -0.39 is 33.0 Å². The van der Waals surface area contributed by atoms with Crippen LogP contribution in [0.25, 0.3) is 0 Å². The Labute approximate surface area is 212 Å². The molecule has 2 heterocycles. The van der Waals surface area contributed by atoms with Crippen LogP contribution in [0.4, 0.5) is 9.18 Å². The third-order valence-corrected chi connectivity index (χ3v) is 6.86. The van der Waals surface area contributed by atoms with Gasteiger partial charge in [-0.15, -0.1) is 4.40 Å². The number of benzene rings is 1. The molecule has 190 valence electrons. The van der Waals surface area contributed by atoms with Gasteiger partial charge in [-0.1, -0.05) is 17.7 Å². The van der Waals surface area contributed by atoms with Gasteiger partial charge in [0.2, 0.25) is 5.91 Å². The number of aromatic nitrogens is 1. The molecule has 35 heavy (non-hydrogen) atoms. The van der Waals surface area contributed by atoms with Crippen molar-refractivity contribution >= 4 is 38.0 Å². The van der Waals surface area contributed by atoms with Crippen LogP contribution in [0.2, 0.25) is 0 Å². The first kappa shape index (κ1) is 26.9. The van der Waals surface area contributed by atoms with E-state index in [1.54, 1.807) is 32.9 Å². The Bertz CT molecular complexity index is 1280. The summed E-state index contributed by atoms with van der Waals surface area (Å²) in [6.07, 6.45) is 0.956. The molecule has 0 saturated carbocycles. The zero-order valence-electron chi connectivity index (χ0n) is 20.0. The molecule has 0 unspecified atom stereocenters. The molecular formula is C23H28BrFN4O5S. The van der Waals surface area contributed by atoms with Crippen LogP contribution in [-0.4, -0.2) is 66.6 Å². The number of carbonyl (C=O) groups excluding carboxylic acids is 2. The van der Waals surface area contributed by atoms with Crippen molar-refractivity contribution in [2.24, 2.45) is 4.40 Å². The van der Waals surface area contributed by atoms with Gasteiger partial charge in [-0.05, 0) is 61.8 Å². The molecule has 0 bridgehead atoms. The highest BCUT2D eigenvalue weighted by Gasteiger charge is 2.28. The molecule has 0 N–H and O–H groups in total. The molecule has 0 spiro atoms. The number of amides is 2. The number of ether oxygens (including phenoxy) is 1. The number of rotatable bonds is 4. The summed E-state index contributed by atoms with van der Waals surface area (Å²) in [5.74, 6) is -1.25. The first-order valence-corrected chi connectivity index (χ1v) is 13.2. The van der Waals surface area contributed by atoms with Gasteiger partial charge in [0.15, 0.2) is 11.3 Å². The van der Waals surface area contributed by atoms with Crippen LogP contribution in [-0.2, 0) is 26.1 Å². The Kier molecular flexibility index (Phi) is 8.05. The van der Waals surface area contributed by atoms with Crippen molar-refractivity contribution in [3.8, 4) is 0 Å². The van der Waals surface area contributed by atoms with Gasteiger partial charge in [-0.25, -0.2) is 9.18 Å². The van der Waals surface area contributed by atoms with E-state index in [4.69, 9.17) is 4.74 Å². The number of nitrogens with zero attached hydrogens (tertiary/aromatic N) is 4. The zero-order valence-corrected chi connectivity index (χ0v) is 22.4. The van der Waals surface area contributed by atoms with Crippen molar-refractivity contribution in [2.45, 2.75) is 44.7 Å². The van der Waals surface area contributed by atoms with Crippen LogP contribution >= 0.6 is 15.9 Å². The minimum atomic E-state index is -4.21. The van der Waals surface area contributed by atoms with Gasteiger partial charge < -0.3 is 19.1 Å². The Hall–Kier alpha value is -2.73. The third-order valence-electron chi connectivity index (χ3n) is 5.14. The molecule has 1 aromatic heterocycles. The molecule has 9 nitrogen and oxygen atoms in total. The highest BCUT2D eigenvalue weighted by Crippen LogP contribution is 2.15. The predicted octanol–water partition coefficient (Wildman–Crippen LogP) is 3.07. The minimum absolute atomic E-state index is 0.0819. The Morgan fingerprint density at radius 1 is 1.09 bits per heavy atom. The lowest BCUT2D eigenvalue weighted by atomic mass is 10.2. The quantitative estimate of drug-likeness (QED) is 0.562. The van der Waals surface area contributed by atoms with Crippen LogP contribution < -0.4 is 5.49 Å². The van der Waals surface area contributed by atoms with E-state index in [9.17, 15) is 22.4 Å². The highest BCUT2D eigenvalue weighted by atomic mass is 79.9. The van der Waals surface area contributed by atoms with E-state index in [1.807, 2.05) is 6.92 Å². The first-order valence-electron chi connectivity index (χ1n) is 10.9. The van der Waals surface area contributed by atoms with E-state index >= 15 is 0 Å². The van der Waals surface area contributed by atoms with Gasteiger partial charge in [0.25, 0.3) is 10.0 Å². The third kappa shape index (κ3) is 7.14. The van der Waals surface area contributed by atoms with Gasteiger partial charge in [0, 0.05) is 36.8 Å². The molecule has 0 atom stereocenters. The van der Waals surface area contributed by atoms with E-state index in [-0.39, 0.29) is 43.5 Å². The Morgan fingerprint density at radius 3 is 2.23 bits per heavy atom. The molecule has 1 aliphatic heterocycles. The number of halogens is 2. The second kappa shape index (κ2) is 10.5. The van der Waals surface area contributed by atoms with E-state index in [0.717, 1.165) is 16.2 Å². The molecule has 1 saturated heterocycles. The summed E-state index contributed by atoms with van der Waals surface area (Å²) in [6.45, 7) is 7.93. The smallest absolute Gasteiger partial charge is 0.410 e. The topological polar surface area (TPSA) is 101 Å². The van der Waals surface area contributed by atoms with Gasteiger partial charge in [0.1, 0.15) is 12.1 Å².